The van der Waals surface area contributed by atoms with Crippen molar-refractivity contribution in [1.29, 1.82) is 0 Å². The van der Waals surface area contributed by atoms with Crippen LogP contribution in [0.2, 0.25) is 0 Å². The topological polar surface area (TPSA) is 46.3 Å². The normalized spacial score (nSPS) is 15.0. The lowest BCUT2D eigenvalue weighted by Crippen LogP contribution is -2.31. The highest BCUT2D eigenvalue weighted by Gasteiger charge is 2.20. The Labute approximate surface area is 139 Å². The fourth-order valence-corrected chi connectivity index (χ4v) is 3.54. The van der Waals surface area contributed by atoms with Crippen LogP contribution in [0.4, 0.5) is 0 Å². The Morgan fingerprint density at radius 3 is 3.04 bits per heavy atom. The second-order valence-electron chi connectivity index (χ2n) is 5.85. The van der Waals surface area contributed by atoms with Crippen LogP contribution in [0.5, 0.6) is 0 Å². The lowest BCUT2D eigenvalue weighted by atomic mass is 10.1. The molecule has 1 aliphatic rings. The molecule has 0 unspecified atom stereocenters. The van der Waals surface area contributed by atoms with E-state index in [0.717, 1.165) is 42.7 Å². The molecule has 1 aliphatic heterocycles. The summed E-state index contributed by atoms with van der Waals surface area (Å²) in [5.41, 5.74) is 4.79. The molecule has 0 atom stereocenters. The summed E-state index contributed by atoms with van der Waals surface area (Å²) in [5, 5.41) is 0.868. The van der Waals surface area contributed by atoms with Crippen molar-refractivity contribution >= 4 is 17.3 Å². The number of rotatable bonds is 3. The number of aromatic nitrogens is 4. The first-order chi connectivity index (χ1) is 11.2. The molecule has 23 heavy (non-hydrogen) atoms. The molecular weight excluding hydrogens is 306 g/mol. The van der Waals surface area contributed by atoms with Gasteiger partial charge in [-0.1, -0.05) is 17.8 Å². The minimum absolute atomic E-state index is 0.866. The Hall–Kier alpha value is -1.92. The Morgan fingerprint density at radius 1 is 1.26 bits per heavy atom. The van der Waals surface area contributed by atoms with Gasteiger partial charge < -0.3 is 4.40 Å². The Kier molecular flexibility index (Phi) is 3.79. The van der Waals surface area contributed by atoms with Crippen LogP contribution in [0, 0.1) is 6.92 Å². The molecule has 5 nitrogen and oxygen atoms in total. The number of hydrogen-bond acceptors (Lipinski definition) is 5. The van der Waals surface area contributed by atoms with Crippen molar-refractivity contribution in [1.82, 2.24) is 24.3 Å². The Bertz CT molecular complexity index is 857. The van der Waals surface area contributed by atoms with Crippen LogP contribution in [-0.2, 0) is 19.5 Å². The van der Waals surface area contributed by atoms with Crippen molar-refractivity contribution in [3.8, 4) is 0 Å². The van der Waals surface area contributed by atoms with E-state index in [-0.39, 0.29) is 0 Å². The highest BCUT2D eigenvalue weighted by molar-refractivity contribution is 7.98. The molecule has 3 aromatic rings. The van der Waals surface area contributed by atoms with Gasteiger partial charge >= 0.3 is 0 Å². The predicted molar refractivity (Wildman–Crippen MR) is 91.6 cm³/mol. The zero-order chi connectivity index (χ0) is 15.8. The predicted octanol–water partition coefficient (Wildman–Crippen LogP) is 2.71. The first-order valence-corrected chi connectivity index (χ1v) is 9.01. The summed E-state index contributed by atoms with van der Waals surface area (Å²) in [6.45, 7) is 4.84. The fourth-order valence-electron chi connectivity index (χ4n) is 3.18. The van der Waals surface area contributed by atoms with Crippen LogP contribution in [-0.4, -0.2) is 37.1 Å². The van der Waals surface area contributed by atoms with Crippen LogP contribution < -0.4 is 0 Å². The zero-order valence-electron chi connectivity index (χ0n) is 13.4. The summed E-state index contributed by atoms with van der Waals surface area (Å²) in [7, 11) is 0. The molecule has 0 fully saturated rings. The number of imidazole rings is 1. The molecule has 0 radical (unpaired) electrons. The number of hydrogen-bond donors (Lipinski definition) is 0. The number of pyridine rings is 1. The largest absolute Gasteiger partial charge is 0.304 e. The smallest absolute Gasteiger partial charge is 0.187 e. The van der Waals surface area contributed by atoms with Crippen molar-refractivity contribution in [3.05, 3.63) is 53.4 Å². The fraction of sp³-hybridized carbons (Fsp3) is 0.353. The molecule has 4 heterocycles. The third kappa shape index (κ3) is 2.72. The monoisotopic (exact) mass is 325 g/mol. The Balaban J connectivity index is 1.58. The summed E-state index contributed by atoms with van der Waals surface area (Å²) in [5.74, 6) is 1.04. The molecule has 0 aromatic carbocycles. The summed E-state index contributed by atoms with van der Waals surface area (Å²) in [6, 6.07) is 6.26. The third-order valence-electron chi connectivity index (χ3n) is 4.35. The van der Waals surface area contributed by atoms with E-state index in [0.29, 0.717) is 0 Å². The number of fused-ring (bicyclic) bond motifs is 2. The van der Waals surface area contributed by atoms with Crippen LogP contribution in [0.1, 0.15) is 22.8 Å². The van der Waals surface area contributed by atoms with Gasteiger partial charge in [-0.05, 0) is 25.3 Å². The highest BCUT2D eigenvalue weighted by Crippen LogP contribution is 2.22. The van der Waals surface area contributed by atoms with E-state index < -0.39 is 0 Å². The summed E-state index contributed by atoms with van der Waals surface area (Å²) in [6.07, 6.45) is 7.06. The SMILES string of the molecule is CSc1ncc2c(n1)CCN(Cc1nc(C)n3ccccc13)C2. The first kappa shape index (κ1) is 14.7. The summed E-state index contributed by atoms with van der Waals surface area (Å²) < 4.78 is 2.15. The number of aryl methyl sites for hydroxylation is 1. The van der Waals surface area contributed by atoms with E-state index in [1.165, 1.54) is 16.8 Å². The molecule has 0 N–H and O–H groups in total. The van der Waals surface area contributed by atoms with Gasteiger partial charge in [0, 0.05) is 44.0 Å². The van der Waals surface area contributed by atoms with Gasteiger partial charge in [0.2, 0.25) is 0 Å². The first-order valence-electron chi connectivity index (χ1n) is 7.78. The van der Waals surface area contributed by atoms with Gasteiger partial charge in [-0.25, -0.2) is 15.0 Å². The maximum Gasteiger partial charge on any atom is 0.187 e. The average Bonchev–Trinajstić information content (AvgIpc) is 2.91. The number of thioether (sulfide) groups is 1. The van der Waals surface area contributed by atoms with Crippen molar-refractivity contribution in [2.24, 2.45) is 0 Å². The second kappa shape index (κ2) is 5.94. The van der Waals surface area contributed by atoms with Crippen LogP contribution in [0.25, 0.3) is 5.52 Å². The summed E-state index contributed by atoms with van der Waals surface area (Å²) >= 11 is 1.60. The lowest BCUT2D eigenvalue weighted by molar-refractivity contribution is 0.240. The van der Waals surface area contributed by atoms with Gasteiger partial charge in [-0.15, -0.1) is 0 Å². The van der Waals surface area contributed by atoms with Crippen LogP contribution >= 0.6 is 11.8 Å². The molecule has 4 rings (SSSR count). The van der Waals surface area contributed by atoms with Crippen molar-refractivity contribution < 1.29 is 0 Å². The molecule has 0 amide bonds. The lowest BCUT2D eigenvalue weighted by Gasteiger charge is -2.27. The molecule has 0 aliphatic carbocycles. The molecule has 0 spiro atoms. The standard InChI is InChI=1S/C17H19N5S/c1-12-19-15(16-5-3-4-7-22(12)16)11-21-8-6-14-13(10-21)9-18-17(20-14)23-2/h3-5,7,9H,6,8,10-11H2,1-2H3. The van der Waals surface area contributed by atoms with Gasteiger partial charge in [0.05, 0.1) is 16.9 Å². The van der Waals surface area contributed by atoms with Crippen molar-refractivity contribution in [2.75, 3.05) is 12.8 Å². The number of nitrogens with zero attached hydrogens (tertiary/aromatic N) is 5. The zero-order valence-corrected chi connectivity index (χ0v) is 14.2. The van der Waals surface area contributed by atoms with E-state index in [9.17, 15) is 0 Å². The molecule has 0 saturated carbocycles. The average molecular weight is 325 g/mol. The molecule has 3 aromatic heterocycles. The van der Waals surface area contributed by atoms with Crippen molar-refractivity contribution in [3.63, 3.8) is 0 Å². The summed E-state index contributed by atoms with van der Waals surface area (Å²) in [4.78, 5) is 16.2. The molecule has 6 heteroatoms. The van der Waals surface area contributed by atoms with E-state index in [2.05, 4.69) is 44.5 Å². The van der Waals surface area contributed by atoms with E-state index >= 15 is 0 Å². The molecule has 118 valence electrons. The molecule has 0 saturated heterocycles. The third-order valence-corrected chi connectivity index (χ3v) is 4.91. The minimum atomic E-state index is 0.866. The maximum absolute atomic E-state index is 4.75. The minimum Gasteiger partial charge on any atom is -0.304 e. The van der Waals surface area contributed by atoms with Gasteiger partial charge in [-0.2, -0.15) is 0 Å². The van der Waals surface area contributed by atoms with Gasteiger partial charge in [0.25, 0.3) is 0 Å². The molecule has 0 bridgehead atoms. The highest BCUT2D eigenvalue weighted by atomic mass is 32.2. The van der Waals surface area contributed by atoms with Gasteiger partial charge in [0.15, 0.2) is 5.16 Å². The van der Waals surface area contributed by atoms with Crippen molar-refractivity contribution in [2.45, 2.75) is 31.6 Å². The van der Waals surface area contributed by atoms with E-state index in [1.54, 1.807) is 11.8 Å². The second-order valence-corrected chi connectivity index (χ2v) is 6.62. The van der Waals surface area contributed by atoms with E-state index in [1.807, 2.05) is 18.5 Å². The quantitative estimate of drug-likeness (QED) is 0.547. The maximum atomic E-state index is 4.75. The van der Waals surface area contributed by atoms with Gasteiger partial charge in [-0.3, -0.25) is 4.90 Å². The van der Waals surface area contributed by atoms with Crippen LogP contribution in [0.15, 0.2) is 35.7 Å². The van der Waals surface area contributed by atoms with Gasteiger partial charge in [0.1, 0.15) is 5.82 Å². The van der Waals surface area contributed by atoms with E-state index in [4.69, 9.17) is 4.98 Å². The Morgan fingerprint density at radius 2 is 2.17 bits per heavy atom. The van der Waals surface area contributed by atoms with Crippen LogP contribution in [0.3, 0.4) is 0 Å². The molecular formula is C17H19N5S.